The quantitative estimate of drug-likeness (QED) is 0.628. The molecule has 3 aromatic rings. The largest absolute Gasteiger partial charge is 0.467 e. The summed E-state index contributed by atoms with van der Waals surface area (Å²) in [5, 5.41) is 3.78. The van der Waals surface area contributed by atoms with Gasteiger partial charge >= 0.3 is 0 Å². The number of furan rings is 1. The maximum atomic E-state index is 13.2. The highest BCUT2D eigenvalue weighted by Gasteiger charge is 2.31. The molecule has 0 saturated carbocycles. The number of benzene rings is 1. The first-order chi connectivity index (χ1) is 15.5. The van der Waals surface area contributed by atoms with Gasteiger partial charge in [-0.25, -0.2) is 0 Å². The molecule has 0 bridgehead atoms. The molecule has 0 N–H and O–H groups in total. The van der Waals surface area contributed by atoms with E-state index in [-0.39, 0.29) is 17.6 Å². The molecule has 1 atom stereocenters. The van der Waals surface area contributed by atoms with Crippen molar-refractivity contribution in [1.29, 1.82) is 0 Å². The molecule has 1 aromatic carbocycles. The summed E-state index contributed by atoms with van der Waals surface area (Å²) in [7, 11) is 0. The number of rotatable bonds is 4. The molecule has 32 heavy (non-hydrogen) atoms. The van der Waals surface area contributed by atoms with Crippen LogP contribution in [-0.2, 0) is 13.0 Å². The maximum Gasteiger partial charge on any atom is 0.292 e. The molecular formula is C24H26N4O4. The molecule has 0 spiro atoms. The van der Waals surface area contributed by atoms with Crippen molar-refractivity contribution >= 4 is 17.5 Å². The summed E-state index contributed by atoms with van der Waals surface area (Å²) in [6.07, 6.45) is 2.57. The normalized spacial score (nSPS) is 18.2. The smallest absolute Gasteiger partial charge is 0.292 e. The maximum absolute atomic E-state index is 13.2. The van der Waals surface area contributed by atoms with E-state index in [2.05, 4.69) is 35.2 Å². The van der Waals surface area contributed by atoms with Gasteiger partial charge in [0.05, 0.1) is 24.1 Å². The van der Waals surface area contributed by atoms with Crippen LogP contribution in [0.4, 0.5) is 5.69 Å². The molecule has 1 fully saturated rings. The highest BCUT2D eigenvalue weighted by Crippen LogP contribution is 2.33. The first kappa shape index (κ1) is 20.4. The summed E-state index contributed by atoms with van der Waals surface area (Å²) in [6, 6.07) is 12.1. The van der Waals surface area contributed by atoms with E-state index in [1.54, 1.807) is 35.1 Å². The molecule has 8 heteroatoms. The lowest BCUT2D eigenvalue weighted by atomic mass is 10.1. The second-order valence-corrected chi connectivity index (χ2v) is 8.48. The van der Waals surface area contributed by atoms with Crippen molar-refractivity contribution in [3.8, 4) is 0 Å². The minimum absolute atomic E-state index is 0.0588. The van der Waals surface area contributed by atoms with Gasteiger partial charge in [0.25, 0.3) is 11.8 Å². The third-order valence-electron chi connectivity index (χ3n) is 6.33. The van der Waals surface area contributed by atoms with E-state index >= 15 is 0 Å². The zero-order chi connectivity index (χ0) is 22.2. The number of nitrogens with zero attached hydrogens (tertiary/aromatic N) is 4. The first-order valence-corrected chi connectivity index (χ1v) is 10.9. The Labute approximate surface area is 186 Å². The molecule has 2 amide bonds. The monoisotopic (exact) mass is 434 g/mol. The zero-order valence-corrected chi connectivity index (χ0v) is 18.3. The second kappa shape index (κ2) is 8.18. The average Bonchev–Trinajstić information content (AvgIpc) is 3.52. The van der Waals surface area contributed by atoms with E-state index in [1.165, 1.54) is 11.3 Å². The van der Waals surface area contributed by atoms with E-state index in [4.69, 9.17) is 8.94 Å². The number of anilines is 1. The highest BCUT2D eigenvalue weighted by molar-refractivity contribution is 5.96. The topological polar surface area (TPSA) is 83.0 Å². The molecule has 2 aliphatic heterocycles. The number of hydrogen-bond acceptors (Lipinski definition) is 6. The van der Waals surface area contributed by atoms with Crippen molar-refractivity contribution in [2.45, 2.75) is 32.9 Å². The Morgan fingerprint density at radius 3 is 2.50 bits per heavy atom. The lowest BCUT2D eigenvalue weighted by Crippen LogP contribution is -2.50. The molecule has 5 rings (SSSR count). The van der Waals surface area contributed by atoms with Crippen LogP contribution in [0, 0.1) is 6.92 Å². The fraction of sp³-hybridized carbons (Fsp3) is 0.375. The van der Waals surface area contributed by atoms with Crippen molar-refractivity contribution in [3.63, 3.8) is 0 Å². The van der Waals surface area contributed by atoms with Gasteiger partial charge in [0.2, 0.25) is 5.76 Å². The van der Waals surface area contributed by atoms with Crippen LogP contribution >= 0.6 is 0 Å². The van der Waals surface area contributed by atoms with E-state index in [0.717, 1.165) is 6.42 Å². The third kappa shape index (κ3) is 3.66. The van der Waals surface area contributed by atoms with Crippen LogP contribution in [0.25, 0.3) is 0 Å². The fourth-order valence-electron chi connectivity index (χ4n) is 4.58. The molecule has 1 unspecified atom stereocenters. The molecule has 1 saturated heterocycles. The van der Waals surface area contributed by atoms with Gasteiger partial charge in [-0.15, -0.1) is 0 Å². The third-order valence-corrected chi connectivity index (χ3v) is 6.33. The minimum Gasteiger partial charge on any atom is -0.467 e. The number of aryl methyl sites for hydroxylation is 1. The van der Waals surface area contributed by atoms with Gasteiger partial charge in [-0.1, -0.05) is 23.4 Å². The molecule has 8 nitrogen and oxygen atoms in total. The number of para-hydroxylation sites is 1. The number of piperazine rings is 1. The molecule has 0 radical (unpaired) electrons. The Hall–Kier alpha value is -3.55. The van der Waals surface area contributed by atoms with Gasteiger partial charge in [0, 0.05) is 44.0 Å². The Kier molecular flexibility index (Phi) is 5.20. The van der Waals surface area contributed by atoms with E-state index in [9.17, 15) is 9.59 Å². The van der Waals surface area contributed by atoms with Crippen molar-refractivity contribution in [2.24, 2.45) is 0 Å². The van der Waals surface area contributed by atoms with Crippen LogP contribution in [-0.4, -0.2) is 59.0 Å². The lowest BCUT2D eigenvalue weighted by Gasteiger charge is -2.34. The molecule has 4 heterocycles. The molecular weight excluding hydrogens is 408 g/mol. The van der Waals surface area contributed by atoms with Crippen LogP contribution in [0.5, 0.6) is 0 Å². The molecule has 2 aromatic heterocycles. The van der Waals surface area contributed by atoms with Gasteiger partial charge in [-0.05, 0) is 38.0 Å². The van der Waals surface area contributed by atoms with Crippen molar-refractivity contribution in [2.75, 3.05) is 31.1 Å². The van der Waals surface area contributed by atoms with Crippen molar-refractivity contribution in [1.82, 2.24) is 15.0 Å². The zero-order valence-electron chi connectivity index (χ0n) is 18.3. The summed E-state index contributed by atoms with van der Waals surface area (Å²) in [4.78, 5) is 31.6. The number of amides is 2. The average molecular weight is 434 g/mol. The van der Waals surface area contributed by atoms with Crippen molar-refractivity contribution in [3.05, 3.63) is 71.0 Å². The summed E-state index contributed by atoms with van der Waals surface area (Å²) in [5.74, 6) is 0.661. The van der Waals surface area contributed by atoms with Gasteiger partial charge in [-0.2, -0.15) is 0 Å². The predicted molar refractivity (Wildman–Crippen MR) is 118 cm³/mol. The number of fused-ring (bicyclic) bond motifs is 1. The van der Waals surface area contributed by atoms with E-state index < -0.39 is 0 Å². The number of aromatic nitrogens is 1. The van der Waals surface area contributed by atoms with Gasteiger partial charge in [-0.3, -0.25) is 9.59 Å². The summed E-state index contributed by atoms with van der Waals surface area (Å²) in [5.41, 5.74) is 3.78. The number of hydrogen-bond donors (Lipinski definition) is 0. The summed E-state index contributed by atoms with van der Waals surface area (Å²) in [6.45, 7) is 6.35. The van der Waals surface area contributed by atoms with Gasteiger partial charge in [0.15, 0.2) is 0 Å². The minimum atomic E-state index is -0.191. The highest BCUT2D eigenvalue weighted by atomic mass is 16.5. The Morgan fingerprint density at radius 2 is 1.78 bits per heavy atom. The Bertz CT molecular complexity index is 1140. The molecule has 0 aliphatic carbocycles. The lowest BCUT2D eigenvalue weighted by molar-refractivity contribution is 0.0511. The molecule has 2 aliphatic rings. The van der Waals surface area contributed by atoms with Crippen molar-refractivity contribution < 1.29 is 18.5 Å². The second-order valence-electron chi connectivity index (χ2n) is 8.48. The van der Waals surface area contributed by atoms with Gasteiger partial charge in [0.1, 0.15) is 5.76 Å². The molecule has 166 valence electrons. The summed E-state index contributed by atoms with van der Waals surface area (Å²) < 4.78 is 10.8. The van der Waals surface area contributed by atoms with Crippen LogP contribution in [0.2, 0.25) is 0 Å². The number of carbonyl (C=O) groups excluding carboxylic acids is 2. The van der Waals surface area contributed by atoms with E-state index in [1.807, 2.05) is 6.07 Å². The van der Waals surface area contributed by atoms with E-state index in [0.29, 0.717) is 55.8 Å². The predicted octanol–water partition coefficient (Wildman–Crippen LogP) is 3.13. The van der Waals surface area contributed by atoms with Crippen LogP contribution in [0.15, 0.2) is 51.6 Å². The van der Waals surface area contributed by atoms with Gasteiger partial charge < -0.3 is 23.6 Å². The SMILES string of the molecule is Cc1cc(C(=O)N2CCN(C(=O)c3ccoc3CN3c4ccccc4CC3C)CC2)on1. The fourth-order valence-corrected chi connectivity index (χ4v) is 4.58. The summed E-state index contributed by atoms with van der Waals surface area (Å²) >= 11 is 0. The standard InChI is InChI=1S/C24H26N4O4/c1-16-13-21(32-25-16)24(30)27-10-8-26(9-11-27)23(29)19-7-12-31-22(19)15-28-17(2)14-18-5-3-4-6-20(18)28/h3-7,12-13,17H,8-11,14-15H2,1-2H3. The van der Waals surface area contributed by atoms with Crippen LogP contribution < -0.4 is 4.90 Å². The Morgan fingerprint density at radius 1 is 1.06 bits per heavy atom. The van der Waals surface area contributed by atoms with Crippen LogP contribution in [0.3, 0.4) is 0 Å². The van der Waals surface area contributed by atoms with Crippen LogP contribution in [0.1, 0.15) is 44.9 Å². The number of carbonyl (C=O) groups is 2. The Balaban J connectivity index is 1.25. The first-order valence-electron chi connectivity index (χ1n) is 10.9.